The smallest absolute Gasteiger partial charge is 0.335 e. The number of anilines is 2. The minimum absolute atomic E-state index is 0.0449. The molecule has 1 aliphatic heterocycles. The summed E-state index contributed by atoms with van der Waals surface area (Å²) in [5.41, 5.74) is 5.67. The molecule has 2 aromatic heterocycles. The second kappa shape index (κ2) is 10.3. The number of H-pyrrole nitrogens is 1. The molecule has 1 aliphatic rings. The number of nitrogens with zero attached hydrogens (tertiary/aromatic N) is 3. The molecule has 1 aromatic carbocycles. The maximum atomic E-state index is 12.9. The van der Waals surface area contributed by atoms with Gasteiger partial charge in [0.25, 0.3) is 5.56 Å². The number of hydrogen-bond acceptors (Lipinski definition) is 8. The Kier molecular flexibility index (Phi) is 7.34. The van der Waals surface area contributed by atoms with Gasteiger partial charge in [0.2, 0.25) is 0 Å². The first kappa shape index (κ1) is 26.3. The van der Waals surface area contributed by atoms with Crippen LogP contribution in [0.2, 0.25) is 0 Å². The lowest BCUT2D eigenvalue weighted by Crippen LogP contribution is -2.47. The Bertz CT molecular complexity index is 1360. The van der Waals surface area contributed by atoms with Gasteiger partial charge in [0.15, 0.2) is 11.9 Å². The summed E-state index contributed by atoms with van der Waals surface area (Å²) in [6.45, 7) is 4.74. The van der Waals surface area contributed by atoms with Crippen molar-refractivity contribution in [1.82, 2.24) is 14.8 Å². The van der Waals surface area contributed by atoms with Crippen molar-refractivity contribution < 1.29 is 18.7 Å². The van der Waals surface area contributed by atoms with Crippen LogP contribution in [0.15, 0.2) is 41.3 Å². The number of benzene rings is 1. The number of rotatable bonds is 7. The molecular formula is C26H31FN6O4. The second-order valence-corrected chi connectivity index (χ2v) is 10.3. The number of hydrogen-bond donors (Lipinski definition) is 3. The molecule has 0 saturated carbocycles. The molecule has 10 nitrogen and oxygen atoms in total. The van der Waals surface area contributed by atoms with Gasteiger partial charge in [0.1, 0.15) is 17.7 Å². The Morgan fingerprint density at radius 2 is 2.14 bits per heavy atom. The van der Waals surface area contributed by atoms with Gasteiger partial charge in [-0.25, -0.2) is 9.18 Å². The number of halogens is 1. The van der Waals surface area contributed by atoms with Crippen molar-refractivity contribution in [2.24, 2.45) is 5.73 Å². The lowest BCUT2D eigenvalue weighted by atomic mass is 9.87. The van der Waals surface area contributed by atoms with Gasteiger partial charge in [0.05, 0.1) is 36.2 Å². The van der Waals surface area contributed by atoms with Crippen LogP contribution in [0.25, 0.3) is 10.9 Å². The third kappa shape index (κ3) is 5.50. The van der Waals surface area contributed by atoms with Crippen LogP contribution in [-0.4, -0.2) is 45.7 Å². The summed E-state index contributed by atoms with van der Waals surface area (Å²) >= 11 is 0. The highest BCUT2D eigenvalue weighted by Crippen LogP contribution is 2.37. The van der Waals surface area contributed by atoms with E-state index in [4.69, 9.17) is 20.3 Å². The van der Waals surface area contributed by atoms with E-state index in [0.717, 1.165) is 0 Å². The van der Waals surface area contributed by atoms with Crippen LogP contribution >= 0.6 is 0 Å². The van der Waals surface area contributed by atoms with Crippen LogP contribution in [-0.2, 0) is 19.8 Å². The van der Waals surface area contributed by atoms with Crippen molar-refractivity contribution in [1.29, 1.82) is 5.26 Å². The maximum Gasteiger partial charge on any atom is 0.335 e. The SMILES string of the molecule is CC(C)(C)OC(=O)[C@H]1CC[C@@](CC#N)(n2nc(Nc3ccc([C@@H](N)CF)cc3)c3c(=O)[nH]ccc32)CO1. The summed E-state index contributed by atoms with van der Waals surface area (Å²) in [7, 11) is 0. The first-order valence-electron chi connectivity index (χ1n) is 12.1. The molecule has 0 unspecified atom stereocenters. The number of alkyl halides is 1. The summed E-state index contributed by atoms with van der Waals surface area (Å²) in [6.07, 6.45) is 1.59. The number of fused-ring (bicyclic) bond motifs is 1. The van der Waals surface area contributed by atoms with Crippen molar-refractivity contribution in [2.45, 2.75) is 63.3 Å². The number of ether oxygens (including phenoxy) is 2. The third-order valence-electron chi connectivity index (χ3n) is 6.32. The average Bonchev–Trinajstić information content (AvgIpc) is 3.23. The van der Waals surface area contributed by atoms with E-state index in [9.17, 15) is 19.2 Å². The number of nitriles is 1. The fraction of sp³-hybridized carbons (Fsp3) is 0.462. The van der Waals surface area contributed by atoms with Gasteiger partial charge in [-0.2, -0.15) is 10.4 Å². The van der Waals surface area contributed by atoms with Crippen molar-refractivity contribution in [3.05, 3.63) is 52.4 Å². The van der Waals surface area contributed by atoms with Crippen molar-refractivity contribution >= 4 is 28.4 Å². The van der Waals surface area contributed by atoms with Gasteiger partial charge in [-0.15, -0.1) is 0 Å². The summed E-state index contributed by atoms with van der Waals surface area (Å²) < 4.78 is 26.0. The summed E-state index contributed by atoms with van der Waals surface area (Å²) in [4.78, 5) is 28.1. The number of aromatic nitrogens is 3. The molecule has 11 heteroatoms. The van der Waals surface area contributed by atoms with Crippen LogP contribution < -0.4 is 16.6 Å². The van der Waals surface area contributed by atoms with Crippen LogP contribution in [0.4, 0.5) is 15.9 Å². The molecule has 0 radical (unpaired) electrons. The van der Waals surface area contributed by atoms with Crippen molar-refractivity contribution in [3.63, 3.8) is 0 Å². The Morgan fingerprint density at radius 1 is 1.41 bits per heavy atom. The molecular weight excluding hydrogens is 479 g/mol. The fourth-order valence-electron chi connectivity index (χ4n) is 4.46. The predicted octanol–water partition coefficient (Wildman–Crippen LogP) is 3.57. The second-order valence-electron chi connectivity index (χ2n) is 10.3. The maximum absolute atomic E-state index is 12.9. The van der Waals surface area contributed by atoms with E-state index in [2.05, 4.69) is 16.4 Å². The molecule has 3 heterocycles. The van der Waals surface area contributed by atoms with Gasteiger partial charge < -0.3 is 25.5 Å². The average molecular weight is 511 g/mol. The van der Waals surface area contributed by atoms with Gasteiger partial charge in [-0.3, -0.25) is 9.48 Å². The Hall–Kier alpha value is -3.75. The quantitative estimate of drug-likeness (QED) is 0.409. The topological polar surface area (TPSA) is 148 Å². The molecule has 0 amide bonds. The third-order valence-corrected chi connectivity index (χ3v) is 6.32. The minimum Gasteiger partial charge on any atom is -0.458 e. The minimum atomic E-state index is -0.892. The molecule has 1 fully saturated rings. The standard InChI is InChI=1S/C26H31FN6O4/c1-25(2,3)37-24(35)20-8-10-26(11-12-28,15-36-20)33-19-9-13-30-23(34)21(19)22(32-33)31-17-6-4-16(5-7-17)18(29)14-27/h4-7,9,13,18,20H,8,10-11,14-15,29H2,1-3H3,(H,30,34)(H,31,32)/t18-,20+,26-/m0/s1. The molecule has 3 atom stereocenters. The van der Waals surface area contributed by atoms with E-state index in [-0.39, 0.29) is 18.6 Å². The number of carbonyl (C=O) groups excluding carboxylic acids is 1. The molecule has 4 rings (SSSR count). The summed E-state index contributed by atoms with van der Waals surface area (Å²) in [5.74, 6) is -0.149. The summed E-state index contributed by atoms with van der Waals surface area (Å²) in [6, 6.07) is 10.1. The van der Waals surface area contributed by atoms with Gasteiger partial charge >= 0.3 is 5.97 Å². The number of carbonyl (C=O) groups is 1. The molecule has 1 saturated heterocycles. The van der Waals surface area contributed by atoms with Crippen LogP contribution in [0.5, 0.6) is 0 Å². The first-order chi connectivity index (χ1) is 17.6. The van der Waals surface area contributed by atoms with E-state index in [1.54, 1.807) is 55.8 Å². The van der Waals surface area contributed by atoms with Gasteiger partial charge in [-0.05, 0) is 57.4 Å². The van der Waals surface area contributed by atoms with Gasteiger partial charge in [0, 0.05) is 11.9 Å². The Balaban J connectivity index is 1.67. The summed E-state index contributed by atoms with van der Waals surface area (Å²) in [5, 5.41) is 17.9. The Morgan fingerprint density at radius 3 is 2.73 bits per heavy atom. The largest absolute Gasteiger partial charge is 0.458 e. The lowest BCUT2D eigenvalue weighted by Gasteiger charge is -2.39. The predicted molar refractivity (Wildman–Crippen MR) is 136 cm³/mol. The van der Waals surface area contributed by atoms with E-state index < -0.39 is 35.9 Å². The van der Waals surface area contributed by atoms with Crippen LogP contribution in [0, 0.1) is 11.3 Å². The first-order valence-corrected chi connectivity index (χ1v) is 12.1. The molecule has 3 aromatic rings. The Labute approximate surface area is 213 Å². The molecule has 196 valence electrons. The van der Waals surface area contributed by atoms with E-state index in [1.807, 2.05) is 0 Å². The van der Waals surface area contributed by atoms with Crippen LogP contribution in [0.1, 0.15) is 51.6 Å². The van der Waals surface area contributed by atoms with Gasteiger partial charge in [-0.1, -0.05) is 12.1 Å². The molecule has 0 spiro atoms. The van der Waals surface area contributed by atoms with Crippen molar-refractivity contribution in [3.8, 4) is 6.07 Å². The highest BCUT2D eigenvalue weighted by Gasteiger charge is 2.43. The van der Waals surface area contributed by atoms with Crippen LogP contribution in [0.3, 0.4) is 0 Å². The molecule has 37 heavy (non-hydrogen) atoms. The fourth-order valence-corrected chi connectivity index (χ4v) is 4.46. The normalized spacial score (nSPS) is 20.8. The zero-order valence-electron chi connectivity index (χ0n) is 21.1. The van der Waals surface area contributed by atoms with E-state index in [1.165, 1.54) is 6.20 Å². The van der Waals surface area contributed by atoms with E-state index >= 15 is 0 Å². The number of pyridine rings is 1. The lowest BCUT2D eigenvalue weighted by molar-refractivity contribution is -0.176. The van der Waals surface area contributed by atoms with E-state index in [0.29, 0.717) is 40.8 Å². The zero-order valence-corrected chi connectivity index (χ0v) is 21.1. The monoisotopic (exact) mass is 510 g/mol. The van der Waals surface area contributed by atoms with Crippen molar-refractivity contribution in [2.75, 3.05) is 18.6 Å². The molecule has 0 bridgehead atoms. The number of esters is 1. The number of nitrogens with two attached hydrogens (primary N) is 1. The molecule has 0 aliphatic carbocycles. The highest BCUT2D eigenvalue weighted by molar-refractivity contribution is 5.91. The highest BCUT2D eigenvalue weighted by atomic mass is 19.1. The number of nitrogens with one attached hydrogen (secondary N) is 2. The number of aromatic amines is 1. The molecule has 4 N–H and O–H groups in total. The zero-order chi connectivity index (χ0) is 26.8.